The van der Waals surface area contributed by atoms with Gasteiger partial charge in [0.1, 0.15) is 6.10 Å². The first-order valence-corrected chi connectivity index (χ1v) is 7.67. The number of likely N-dealkylation sites (N-methyl/N-ethyl adjacent to an activating group) is 1. The number of nitrogens with zero attached hydrogens (tertiary/aromatic N) is 1. The van der Waals surface area contributed by atoms with E-state index in [-0.39, 0.29) is 12.0 Å². The molecule has 116 valence electrons. The summed E-state index contributed by atoms with van der Waals surface area (Å²) in [4.78, 5) is 14.5. The van der Waals surface area contributed by atoms with Crippen LogP contribution in [-0.2, 0) is 16.1 Å². The van der Waals surface area contributed by atoms with Gasteiger partial charge in [0.05, 0.1) is 6.61 Å². The number of benzene rings is 1. The van der Waals surface area contributed by atoms with Gasteiger partial charge < -0.3 is 15.4 Å². The molecule has 5 nitrogen and oxygen atoms in total. The number of hydrogen-bond acceptors (Lipinski definition) is 4. The van der Waals surface area contributed by atoms with Gasteiger partial charge in [0.2, 0.25) is 0 Å². The minimum absolute atomic E-state index is 0.0613. The standard InChI is InChI=1S/C16H25N3O2/c1-3-17-11-13-6-5-7-14(10-13)18-16(20)15-12-19(4-2)8-9-21-15/h5-7,10,15,17H,3-4,8-9,11-12H2,1-2H3,(H,18,20). The van der Waals surface area contributed by atoms with Gasteiger partial charge >= 0.3 is 0 Å². The quantitative estimate of drug-likeness (QED) is 0.833. The summed E-state index contributed by atoms with van der Waals surface area (Å²) in [5.74, 6) is -0.0613. The van der Waals surface area contributed by atoms with Crippen LogP contribution < -0.4 is 10.6 Å². The lowest BCUT2D eigenvalue weighted by atomic mass is 10.2. The van der Waals surface area contributed by atoms with Crippen molar-refractivity contribution in [2.24, 2.45) is 0 Å². The average Bonchev–Trinajstić information content (AvgIpc) is 2.53. The molecule has 0 saturated carbocycles. The Labute approximate surface area is 126 Å². The van der Waals surface area contributed by atoms with Crippen LogP contribution in [-0.4, -0.2) is 49.7 Å². The van der Waals surface area contributed by atoms with Gasteiger partial charge in [0, 0.05) is 25.3 Å². The molecule has 21 heavy (non-hydrogen) atoms. The Kier molecular flexibility index (Phi) is 6.17. The van der Waals surface area contributed by atoms with E-state index in [0.29, 0.717) is 13.2 Å². The second-order valence-electron chi connectivity index (χ2n) is 5.22. The van der Waals surface area contributed by atoms with Gasteiger partial charge in [-0.15, -0.1) is 0 Å². The van der Waals surface area contributed by atoms with Crippen molar-refractivity contribution in [1.82, 2.24) is 10.2 Å². The van der Waals surface area contributed by atoms with Crippen molar-refractivity contribution in [3.05, 3.63) is 29.8 Å². The minimum atomic E-state index is -0.379. The van der Waals surface area contributed by atoms with E-state index in [2.05, 4.69) is 29.4 Å². The lowest BCUT2D eigenvalue weighted by Crippen LogP contribution is -2.47. The predicted molar refractivity (Wildman–Crippen MR) is 84.3 cm³/mol. The van der Waals surface area contributed by atoms with Crippen LogP contribution in [0, 0.1) is 0 Å². The summed E-state index contributed by atoms with van der Waals surface area (Å²) in [5, 5.41) is 6.23. The zero-order chi connectivity index (χ0) is 15.1. The van der Waals surface area contributed by atoms with E-state index < -0.39 is 0 Å². The van der Waals surface area contributed by atoms with E-state index in [1.807, 2.05) is 24.3 Å². The van der Waals surface area contributed by atoms with Gasteiger partial charge in [-0.1, -0.05) is 26.0 Å². The topological polar surface area (TPSA) is 53.6 Å². The SMILES string of the molecule is CCNCc1cccc(NC(=O)C2CN(CC)CCO2)c1. The Morgan fingerprint density at radius 2 is 2.29 bits per heavy atom. The molecule has 1 heterocycles. The monoisotopic (exact) mass is 291 g/mol. The van der Waals surface area contributed by atoms with Gasteiger partial charge in [-0.3, -0.25) is 9.69 Å². The van der Waals surface area contributed by atoms with Crippen LogP contribution in [0.3, 0.4) is 0 Å². The van der Waals surface area contributed by atoms with Gasteiger partial charge in [-0.2, -0.15) is 0 Å². The van der Waals surface area contributed by atoms with Crippen LogP contribution in [0.5, 0.6) is 0 Å². The molecule has 1 unspecified atom stereocenters. The third-order valence-electron chi connectivity index (χ3n) is 3.66. The van der Waals surface area contributed by atoms with Gasteiger partial charge in [0.25, 0.3) is 5.91 Å². The van der Waals surface area contributed by atoms with Gasteiger partial charge in [-0.25, -0.2) is 0 Å². The highest BCUT2D eigenvalue weighted by Gasteiger charge is 2.25. The Bertz CT molecular complexity index is 465. The molecule has 1 saturated heterocycles. The minimum Gasteiger partial charge on any atom is -0.366 e. The van der Waals surface area contributed by atoms with Crippen LogP contribution in [0.1, 0.15) is 19.4 Å². The van der Waals surface area contributed by atoms with Gasteiger partial charge in [-0.05, 0) is 30.8 Å². The number of carbonyl (C=O) groups is 1. The molecule has 0 spiro atoms. The second kappa shape index (κ2) is 8.12. The highest BCUT2D eigenvalue weighted by atomic mass is 16.5. The lowest BCUT2D eigenvalue weighted by Gasteiger charge is -2.31. The first kappa shape index (κ1) is 15.9. The molecule has 0 aliphatic carbocycles. The highest BCUT2D eigenvalue weighted by molar-refractivity contribution is 5.94. The summed E-state index contributed by atoms with van der Waals surface area (Å²) in [6.45, 7) is 9.05. The molecule has 5 heteroatoms. The number of morpholine rings is 1. The largest absolute Gasteiger partial charge is 0.366 e. The van der Waals surface area contributed by atoms with Crippen LogP contribution in [0.25, 0.3) is 0 Å². The number of anilines is 1. The van der Waals surface area contributed by atoms with Crippen LogP contribution >= 0.6 is 0 Å². The van der Waals surface area contributed by atoms with E-state index in [4.69, 9.17) is 4.74 Å². The zero-order valence-corrected chi connectivity index (χ0v) is 12.9. The molecule has 1 amide bonds. The molecule has 2 rings (SSSR count). The molecule has 1 aliphatic heterocycles. The summed E-state index contributed by atoms with van der Waals surface area (Å²) < 4.78 is 5.57. The molecule has 1 atom stereocenters. The molecular formula is C16H25N3O2. The molecule has 2 N–H and O–H groups in total. The molecule has 0 aromatic heterocycles. The van der Waals surface area contributed by atoms with Gasteiger partial charge in [0.15, 0.2) is 0 Å². The van der Waals surface area contributed by atoms with E-state index in [9.17, 15) is 4.79 Å². The molecular weight excluding hydrogens is 266 g/mol. The molecule has 0 bridgehead atoms. The van der Waals surface area contributed by atoms with E-state index >= 15 is 0 Å². The Balaban J connectivity index is 1.92. The number of amides is 1. The second-order valence-corrected chi connectivity index (χ2v) is 5.22. The maximum atomic E-state index is 12.3. The summed E-state index contributed by atoms with van der Waals surface area (Å²) >= 11 is 0. The van der Waals surface area contributed by atoms with Crippen molar-refractivity contribution in [2.75, 3.05) is 38.1 Å². The third-order valence-corrected chi connectivity index (χ3v) is 3.66. The molecule has 1 aliphatic rings. The van der Waals surface area contributed by atoms with E-state index in [1.54, 1.807) is 0 Å². The van der Waals surface area contributed by atoms with Crippen LogP contribution in [0.2, 0.25) is 0 Å². The van der Waals surface area contributed by atoms with Crippen molar-refractivity contribution in [2.45, 2.75) is 26.5 Å². The third kappa shape index (κ3) is 4.81. The summed E-state index contributed by atoms with van der Waals surface area (Å²) in [5.41, 5.74) is 1.99. The van der Waals surface area contributed by atoms with Crippen LogP contribution in [0.4, 0.5) is 5.69 Å². The summed E-state index contributed by atoms with van der Waals surface area (Å²) in [6, 6.07) is 7.92. The fourth-order valence-electron chi connectivity index (χ4n) is 2.40. The highest BCUT2D eigenvalue weighted by Crippen LogP contribution is 2.13. The fourth-order valence-corrected chi connectivity index (χ4v) is 2.40. The Morgan fingerprint density at radius 1 is 1.43 bits per heavy atom. The van der Waals surface area contributed by atoms with E-state index in [1.165, 1.54) is 0 Å². The van der Waals surface area contributed by atoms with Crippen molar-refractivity contribution in [1.29, 1.82) is 0 Å². The maximum absolute atomic E-state index is 12.3. The normalized spacial score (nSPS) is 19.4. The van der Waals surface area contributed by atoms with E-state index in [0.717, 1.165) is 37.4 Å². The smallest absolute Gasteiger partial charge is 0.254 e. The molecule has 1 aromatic rings. The summed E-state index contributed by atoms with van der Waals surface area (Å²) in [6.07, 6.45) is -0.379. The number of hydrogen-bond donors (Lipinski definition) is 2. The zero-order valence-electron chi connectivity index (χ0n) is 12.9. The maximum Gasteiger partial charge on any atom is 0.254 e. The van der Waals surface area contributed by atoms with Crippen molar-refractivity contribution >= 4 is 11.6 Å². The van der Waals surface area contributed by atoms with Crippen molar-refractivity contribution in [3.63, 3.8) is 0 Å². The Morgan fingerprint density at radius 3 is 3.05 bits per heavy atom. The summed E-state index contributed by atoms with van der Waals surface area (Å²) in [7, 11) is 0. The number of ether oxygens (including phenoxy) is 1. The molecule has 0 radical (unpaired) electrons. The number of rotatable bonds is 6. The predicted octanol–water partition coefficient (Wildman–Crippen LogP) is 1.46. The van der Waals surface area contributed by atoms with Crippen molar-refractivity contribution in [3.8, 4) is 0 Å². The number of carbonyl (C=O) groups excluding carboxylic acids is 1. The first-order chi connectivity index (χ1) is 10.2. The molecule has 1 fully saturated rings. The Hall–Kier alpha value is -1.43. The fraction of sp³-hybridized carbons (Fsp3) is 0.562. The molecule has 1 aromatic carbocycles. The van der Waals surface area contributed by atoms with Crippen LogP contribution in [0.15, 0.2) is 24.3 Å². The van der Waals surface area contributed by atoms with Crippen molar-refractivity contribution < 1.29 is 9.53 Å². The first-order valence-electron chi connectivity index (χ1n) is 7.67. The number of nitrogens with one attached hydrogen (secondary N) is 2. The lowest BCUT2D eigenvalue weighted by molar-refractivity contribution is -0.132. The average molecular weight is 291 g/mol.